The molecule has 3 aromatic carbocycles. The van der Waals surface area contributed by atoms with Gasteiger partial charge in [-0.3, -0.25) is 10.1 Å². The molecule has 1 aliphatic rings. The van der Waals surface area contributed by atoms with Crippen molar-refractivity contribution < 1.29 is 29.3 Å². The third kappa shape index (κ3) is 4.87. The second-order valence-corrected chi connectivity index (χ2v) is 7.87. The standard InChI is InChI=1S/C26H23NO6/c28-24(29)11-5-6-16-14-17(25(30)31)12-13-23(16)27-26(32)33-15-22-20-9-3-1-7-18(20)19-8-2-4-10-21(19)22/h1-4,7-10,12-14,22H,5-6,11,15H2,(H,27,32)(H,28,29)(H,30,31). The Labute approximate surface area is 190 Å². The molecule has 0 aliphatic heterocycles. The van der Waals surface area contributed by atoms with Gasteiger partial charge in [0.2, 0.25) is 0 Å². The summed E-state index contributed by atoms with van der Waals surface area (Å²) >= 11 is 0. The molecule has 0 unspecified atom stereocenters. The first-order valence-electron chi connectivity index (χ1n) is 10.6. The Morgan fingerprint density at radius 3 is 2.12 bits per heavy atom. The summed E-state index contributed by atoms with van der Waals surface area (Å²) in [6.45, 7) is 0.154. The third-order valence-electron chi connectivity index (χ3n) is 5.77. The number of carboxylic acid groups (broad SMARTS) is 2. The molecule has 0 radical (unpaired) electrons. The van der Waals surface area contributed by atoms with Gasteiger partial charge in [-0.05, 0) is 58.9 Å². The van der Waals surface area contributed by atoms with Gasteiger partial charge in [-0.2, -0.15) is 0 Å². The fourth-order valence-electron chi connectivity index (χ4n) is 4.23. The molecule has 3 aromatic rings. The van der Waals surface area contributed by atoms with E-state index in [0.717, 1.165) is 22.3 Å². The molecule has 0 saturated heterocycles. The summed E-state index contributed by atoms with van der Waals surface area (Å²) in [6, 6.07) is 20.4. The number of amides is 1. The Balaban J connectivity index is 1.47. The SMILES string of the molecule is O=C(O)CCCc1cc(C(=O)O)ccc1NC(=O)OCC1c2ccccc2-c2ccccc21. The molecular weight excluding hydrogens is 422 g/mol. The first kappa shape index (κ1) is 22.1. The Hall–Kier alpha value is -4.13. The van der Waals surface area contributed by atoms with Crippen LogP contribution in [0.15, 0.2) is 66.7 Å². The Bertz CT molecular complexity index is 1170. The average molecular weight is 445 g/mol. The van der Waals surface area contributed by atoms with Crippen LogP contribution in [0, 0.1) is 0 Å². The second-order valence-electron chi connectivity index (χ2n) is 7.87. The van der Waals surface area contributed by atoms with Gasteiger partial charge < -0.3 is 14.9 Å². The van der Waals surface area contributed by atoms with E-state index in [1.807, 2.05) is 36.4 Å². The smallest absolute Gasteiger partial charge is 0.411 e. The van der Waals surface area contributed by atoms with E-state index in [0.29, 0.717) is 24.1 Å². The van der Waals surface area contributed by atoms with Gasteiger partial charge in [0, 0.05) is 18.0 Å². The molecule has 7 nitrogen and oxygen atoms in total. The summed E-state index contributed by atoms with van der Waals surface area (Å²) in [4.78, 5) is 34.7. The van der Waals surface area contributed by atoms with Crippen LogP contribution in [0.5, 0.6) is 0 Å². The molecule has 0 spiro atoms. The van der Waals surface area contributed by atoms with E-state index < -0.39 is 18.0 Å². The molecule has 33 heavy (non-hydrogen) atoms. The summed E-state index contributed by atoms with van der Waals surface area (Å²) in [5.74, 6) is -2.11. The van der Waals surface area contributed by atoms with E-state index in [2.05, 4.69) is 17.4 Å². The van der Waals surface area contributed by atoms with Crippen molar-refractivity contribution in [3.05, 3.63) is 89.0 Å². The molecule has 0 aromatic heterocycles. The number of hydrogen-bond donors (Lipinski definition) is 3. The molecule has 0 atom stereocenters. The zero-order valence-electron chi connectivity index (χ0n) is 17.8. The molecule has 0 heterocycles. The second kappa shape index (κ2) is 9.56. The first-order chi connectivity index (χ1) is 15.9. The van der Waals surface area contributed by atoms with Gasteiger partial charge in [-0.15, -0.1) is 0 Å². The van der Waals surface area contributed by atoms with Crippen molar-refractivity contribution in [2.75, 3.05) is 11.9 Å². The number of rotatable bonds is 8. The van der Waals surface area contributed by atoms with E-state index in [-0.39, 0.29) is 24.5 Å². The number of benzene rings is 3. The van der Waals surface area contributed by atoms with E-state index >= 15 is 0 Å². The normalized spacial score (nSPS) is 12.0. The van der Waals surface area contributed by atoms with Gasteiger partial charge in [0.05, 0.1) is 5.56 Å². The number of carbonyl (C=O) groups is 3. The van der Waals surface area contributed by atoms with Crippen molar-refractivity contribution in [2.45, 2.75) is 25.2 Å². The van der Waals surface area contributed by atoms with E-state index in [1.54, 1.807) is 0 Å². The minimum Gasteiger partial charge on any atom is -0.481 e. The summed E-state index contributed by atoms with van der Waals surface area (Å²) < 4.78 is 5.56. The average Bonchev–Trinajstić information content (AvgIpc) is 3.12. The Morgan fingerprint density at radius 2 is 1.52 bits per heavy atom. The molecule has 1 amide bonds. The fourth-order valence-corrected chi connectivity index (χ4v) is 4.23. The lowest BCUT2D eigenvalue weighted by Crippen LogP contribution is -2.19. The van der Waals surface area contributed by atoms with Crippen molar-refractivity contribution in [1.29, 1.82) is 0 Å². The topological polar surface area (TPSA) is 113 Å². The highest BCUT2D eigenvalue weighted by atomic mass is 16.5. The maximum Gasteiger partial charge on any atom is 0.411 e. The minimum atomic E-state index is -1.10. The van der Waals surface area contributed by atoms with Crippen molar-refractivity contribution in [1.82, 2.24) is 0 Å². The van der Waals surface area contributed by atoms with Gasteiger partial charge in [0.25, 0.3) is 0 Å². The van der Waals surface area contributed by atoms with Crippen molar-refractivity contribution >= 4 is 23.7 Å². The van der Waals surface area contributed by atoms with Gasteiger partial charge in [-0.1, -0.05) is 48.5 Å². The fraction of sp³-hybridized carbons (Fsp3) is 0.192. The molecule has 168 valence electrons. The lowest BCUT2D eigenvalue weighted by molar-refractivity contribution is -0.137. The lowest BCUT2D eigenvalue weighted by atomic mass is 9.98. The quantitative estimate of drug-likeness (QED) is 0.442. The highest BCUT2D eigenvalue weighted by Crippen LogP contribution is 2.44. The monoisotopic (exact) mass is 445 g/mol. The predicted molar refractivity (Wildman–Crippen MR) is 123 cm³/mol. The minimum absolute atomic E-state index is 0.0539. The number of aryl methyl sites for hydroxylation is 1. The largest absolute Gasteiger partial charge is 0.481 e. The number of carboxylic acids is 2. The number of fused-ring (bicyclic) bond motifs is 3. The maximum absolute atomic E-state index is 12.6. The van der Waals surface area contributed by atoms with E-state index in [1.165, 1.54) is 18.2 Å². The maximum atomic E-state index is 12.6. The van der Waals surface area contributed by atoms with E-state index in [4.69, 9.17) is 9.84 Å². The summed E-state index contributed by atoms with van der Waals surface area (Å²) in [5, 5.41) is 20.8. The lowest BCUT2D eigenvalue weighted by Gasteiger charge is -2.16. The summed E-state index contributed by atoms with van der Waals surface area (Å²) in [5.41, 5.74) is 5.49. The zero-order chi connectivity index (χ0) is 23.4. The van der Waals surface area contributed by atoms with Crippen LogP contribution in [0.3, 0.4) is 0 Å². The van der Waals surface area contributed by atoms with Crippen LogP contribution in [0.25, 0.3) is 11.1 Å². The molecule has 1 aliphatic carbocycles. The Kier molecular flexibility index (Phi) is 6.40. The number of aromatic carboxylic acids is 1. The van der Waals surface area contributed by atoms with Crippen LogP contribution in [-0.2, 0) is 16.0 Å². The van der Waals surface area contributed by atoms with E-state index in [9.17, 15) is 19.5 Å². The van der Waals surface area contributed by atoms with Crippen LogP contribution in [-0.4, -0.2) is 34.9 Å². The number of aliphatic carboxylic acids is 1. The third-order valence-corrected chi connectivity index (χ3v) is 5.77. The van der Waals surface area contributed by atoms with Gasteiger partial charge in [-0.25, -0.2) is 9.59 Å². The first-order valence-corrected chi connectivity index (χ1v) is 10.6. The van der Waals surface area contributed by atoms with Crippen LogP contribution in [0.2, 0.25) is 0 Å². The zero-order valence-corrected chi connectivity index (χ0v) is 17.8. The highest BCUT2D eigenvalue weighted by molar-refractivity contribution is 5.91. The highest BCUT2D eigenvalue weighted by Gasteiger charge is 2.29. The molecule has 3 N–H and O–H groups in total. The van der Waals surface area contributed by atoms with Gasteiger partial charge in [0.1, 0.15) is 6.61 Å². The van der Waals surface area contributed by atoms with Crippen LogP contribution in [0.1, 0.15) is 45.8 Å². The van der Waals surface area contributed by atoms with Crippen LogP contribution in [0.4, 0.5) is 10.5 Å². The number of ether oxygens (including phenoxy) is 1. The van der Waals surface area contributed by atoms with Gasteiger partial charge >= 0.3 is 18.0 Å². The molecule has 7 heteroatoms. The van der Waals surface area contributed by atoms with Crippen molar-refractivity contribution in [3.63, 3.8) is 0 Å². The van der Waals surface area contributed by atoms with Gasteiger partial charge in [0.15, 0.2) is 0 Å². The predicted octanol–water partition coefficient (Wildman–Crippen LogP) is 5.15. The number of nitrogens with one attached hydrogen (secondary N) is 1. The molecule has 0 fully saturated rings. The molecule has 0 saturated carbocycles. The van der Waals surface area contributed by atoms with Crippen LogP contribution < -0.4 is 5.32 Å². The van der Waals surface area contributed by atoms with Crippen molar-refractivity contribution in [3.8, 4) is 11.1 Å². The number of hydrogen-bond acceptors (Lipinski definition) is 4. The van der Waals surface area contributed by atoms with Crippen molar-refractivity contribution in [2.24, 2.45) is 0 Å². The molecule has 4 rings (SSSR count). The molecular formula is C26H23NO6. The van der Waals surface area contributed by atoms with Crippen LogP contribution >= 0.6 is 0 Å². The number of carbonyl (C=O) groups excluding carboxylic acids is 1. The summed E-state index contributed by atoms with van der Waals surface area (Å²) in [6.07, 6.45) is -0.0780. The summed E-state index contributed by atoms with van der Waals surface area (Å²) in [7, 11) is 0. The number of anilines is 1. The Morgan fingerprint density at radius 1 is 0.879 bits per heavy atom. The molecule has 0 bridgehead atoms.